The fraction of sp³-hybridized carbons (Fsp3) is 0.182. The van der Waals surface area contributed by atoms with Gasteiger partial charge >= 0.3 is 37.9 Å². The predicted molar refractivity (Wildman–Crippen MR) is 161 cm³/mol. The molecule has 37 heavy (non-hydrogen) atoms. The molecule has 0 amide bonds. The molecule has 5 aromatic rings. The van der Waals surface area contributed by atoms with Crippen LogP contribution < -0.4 is 10.4 Å². The smallest absolute Gasteiger partial charge is 0.0920 e. The van der Waals surface area contributed by atoms with Crippen LogP contribution in [0, 0.1) is 13.0 Å². The number of hydrogen-bond acceptors (Lipinski definition) is 0. The summed E-state index contributed by atoms with van der Waals surface area (Å²) in [7, 11) is 10.7. The van der Waals surface area contributed by atoms with E-state index in [4.69, 9.17) is 17.0 Å². The predicted octanol–water partition coefficient (Wildman–Crippen LogP) is 8.55. The molecule has 1 aliphatic heterocycles. The molecule has 1 heterocycles. The van der Waals surface area contributed by atoms with Crippen LogP contribution in [-0.4, -0.2) is 9.52 Å². The Balaban J connectivity index is 0.000000170. The van der Waals surface area contributed by atoms with Gasteiger partial charge in [-0.3, -0.25) is 0 Å². The van der Waals surface area contributed by atoms with Crippen LogP contribution in [0.1, 0.15) is 37.0 Å². The van der Waals surface area contributed by atoms with Crippen molar-refractivity contribution in [3.8, 4) is 22.3 Å². The second kappa shape index (κ2) is 13.8. The molecule has 0 bridgehead atoms. The molecule has 0 aromatic heterocycles. The summed E-state index contributed by atoms with van der Waals surface area (Å²) in [5.74, 6) is 0. The summed E-state index contributed by atoms with van der Waals surface area (Å²) < 4.78 is 0. The number of benzene rings is 4. The Morgan fingerprint density at radius 1 is 0.865 bits per heavy atom. The maximum atomic E-state index is 4.93. The van der Waals surface area contributed by atoms with E-state index in [0.29, 0.717) is 0 Å². The number of aryl methyl sites for hydroxylation is 3. The summed E-state index contributed by atoms with van der Waals surface area (Å²) >= 11 is -0.826. The van der Waals surface area contributed by atoms with Gasteiger partial charge in [0.05, 0.1) is 9.52 Å². The number of rotatable bonds is 4. The third-order valence-electron chi connectivity index (χ3n) is 6.70. The number of hydrogen-bond donors (Lipinski definition) is 0. The molecule has 0 unspecified atom stereocenters. The van der Waals surface area contributed by atoms with Gasteiger partial charge in [0.25, 0.3) is 0 Å². The van der Waals surface area contributed by atoms with Crippen LogP contribution in [0.3, 0.4) is 0 Å². The van der Waals surface area contributed by atoms with Gasteiger partial charge in [-0.2, -0.15) is 35.5 Å². The van der Waals surface area contributed by atoms with Crippen molar-refractivity contribution >= 4 is 47.7 Å². The summed E-state index contributed by atoms with van der Waals surface area (Å²) in [6, 6.07) is 36.3. The Morgan fingerprint density at radius 3 is 2.32 bits per heavy atom. The van der Waals surface area contributed by atoms with Crippen molar-refractivity contribution < 1.29 is 20.8 Å². The minimum atomic E-state index is -0.826. The summed E-state index contributed by atoms with van der Waals surface area (Å²) in [5.41, 5.74) is 9.87. The van der Waals surface area contributed by atoms with E-state index < -0.39 is 20.8 Å². The van der Waals surface area contributed by atoms with Gasteiger partial charge in [-0.15, -0.1) is 40.1 Å². The van der Waals surface area contributed by atoms with Gasteiger partial charge in [-0.25, -0.2) is 0 Å². The molecule has 0 atom stereocenters. The number of fused-ring (bicyclic) bond motifs is 4. The minimum absolute atomic E-state index is 0.795. The zero-order valence-electron chi connectivity index (χ0n) is 21.5. The van der Waals surface area contributed by atoms with Crippen molar-refractivity contribution in [3.05, 3.63) is 114 Å². The maximum Gasteiger partial charge on any atom is 0.0920 e. The van der Waals surface area contributed by atoms with Crippen LogP contribution in [-0.2, 0) is 33.7 Å². The maximum absolute atomic E-state index is 4.93. The van der Waals surface area contributed by atoms with Crippen LogP contribution >= 0.6 is 17.0 Å². The first-order valence-corrected chi connectivity index (χ1v) is 20.0. The van der Waals surface area contributed by atoms with Gasteiger partial charge in [0.1, 0.15) is 0 Å². The van der Waals surface area contributed by atoms with E-state index in [9.17, 15) is 0 Å². The topological polar surface area (TPSA) is 0 Å². The van der Waals surface area contributed by atoms with E-state index in [0.717, 1.165) is 15.9 Å². The van der Waals surface area contributed by atoms with Crippen molar-refractivity contribution in [2.75, 3.05) is 0 Å². The fourth-order valence-electron chi connectivity index (χ4n) is 5.04. The molecule has 0 spiro atoms. The molecule has 0 saturated heterocycles. The van der Waals surface area contributed by atoms with Gasteiger partial charge in [0, 0.05) is 0 Å². The molecule has 1 aliphatic rings. The minimum Gasteiger partial charge on any atom is -0.184 e. The Labute approximate surface area is 242 Å². The van der Waals surface area contributed by atoms with Crippen LogP contribution in [0.25, 0.3) is 33.0 Å². The van der Waals surface area contributed by atoms with Crippen LogP contribution in [0.4, 0.5) is 0 Å². The molecule has 4 heteroatoms. The standard InChI is InChI=1S/C21H23.C12H7Si.2ClH.Zr/c1-4-8-16-13-18-12-11-15(3)21(20(18)14-16)19-10-7-6-9-17(19)5-2;1-3-7-11-9(5-1)10-6-2-4-8-12(10)13-11;;;/h6-7,9-14H,4-5,8H2,1-3H3;1-7H;2*1H;/q2*-1;;;+4/p-2. The molecule has 0 aliphatic carbocycles. The van der Waals surface area contributed by atoms with Gasteiger partial charge in [0.2, 0.25) is 0 Å². The Morgan fingerprint density at radius 2 is 1.57 bits per heavy atom. The van der Waals surface area contributed by atoms with Crippen molar-refractivity contribution in [1.82, 2.24) is 0 Å². The van der Waals surface area contributed by atoms with E-state index in [1.165, 1.54) is 72.9 Å². The Bertz CT molecular complexity index is 1430. The van der Waals surface area contributed by atoms with Gasteiger partial charge < -0.3 is 0 Å². The first kappa shape index (κ1) is 28.2. The van der Waals surface area contributed by atoms with Crippen molar-refractivity contribution in [2.45, 2.75) is 40.0 Å². The molecule has 184 valence electrons. The molecule has 0 N–H and O–H groups in total. The average molecular weight is 617 g/mol. The second-order valence-corrected chi connectivity index (χ2v) is 14.1. The van der Waals surface area contributed by atoms with Gasteiger partial charge in [-0.1, -0.05) is 90.7 Å². The average Bonchev–Trinajstić information content (AvgIpc) is 3.51. The molecule has 5 aromatic carbocycles. The molecule has 0 saturated carbocycles. The zero-order valence-corrected chi connectivity index (χ0v) is 26.5. The van der Waals surface area contributed by atoms with Crippen LogP contribution in [0.2, 0.25) is 0 Å². The SMILES string of the molecule is CCCc1cc2c(-c3ccccc3CC)c(C)ccc2[cH-]1.[Cl][Zr+2][Cl].[c-]1cccc2c1[Si]c1ccccc1-2. The molecule has 2 radical (unpaired) electrons. The summed E-state index contributed by atoms with van der Waals surface area (Å²) in [4.78, 5) is 0. The summed E-state index contributed by atoms with van der Waals surface area (Å²) in [6.45, 7) is 6.71. The number of halogens is 2. The zero-order chi connectivity index (χ0) is 26.2. The normalized spacial score (nSPS) is 10.9. The van der Waals surface area contributed by atoms with Crippen LogP contribution in [0.5, 0.6) is 0 Å². The molecule has 0 nitrogen and oxygen atoms in total. The van der Waals surface area contributed by atoms with E-state index in [1.54, 1.807) is 0 Å². The molecular formula is C33H30Cl2SiZr. The van der Waals surface area contributed by atoms with E-state index >= 15 is 0 Å². The van der Waals surface area contributed by atoms with E-state index in [-0.39, 0.29) is 0 Å². The Hall–Kier alpha value is -1.83. The molecule has 0 fully saturated rings. The van der Waals surface area contributed by atoms with Crippen molar-refractivity contribution in [2.24, 2.45) is 0 Å². The first-order valence-electron chi connectivity index (χ1n) is 12.7. The van der Waals surface area contributed by atoms with Crippen molar-refractivity contribution in [3.63, 3.8) is 0 Å². The van der Waals surface area contributed by atoms with Gasteiger partial charge in [0.15, 0.2) is 0 Å². The van der Waals surface area contributed by atoms with Gasteiger partial charge in [-0.05, 0) is 30.9 Å². The summed E-state index contributed by atoms with van der Waals surface area (Å²) in [5, 5.41) is 5.62. The Kier molecular flexibility index (Phi) is 10.5. The monoisotopic (exact) mass is 614 g/mol. The first-order chi connectivity index (χ1) is 18.1. The fourth-order valence-corrected chi connectivity index (χ4v) is 6.35. The van der Waals surface area contributed by atoms with Crippen LogP contribution in [0.15, 0.2) is 91.0 Å². The van der Waals surface area contributed by atoms with E-state index in [1.807, 2.05) is 6.07 Å². The van der Waals surface area contributed by atoms with Crippen molar-refractivity contribution in [1.29, 1.82) is 0 Å². The summed E-state index contributed by atoms with van der Waals surface area (Å²) in [6.07, 6.45) is 3.45. The van der Waals surface area contributed by atoms with E-state index in [2.05, 4.69) is 112 Å². The third kappa shape index (κ3) is 6.61. The third-order valence-corrected chi connectivity index (χ3v) is 8.07. The molecule has 6 rings (SSSR count). The largest absolute Gasteiger partial charge is 0.184 e. The second-order valence-electron chi connectivity index (χ2n) is 9.09. The quantitative estimate of drug-likeness (QED) is 0.138. The molecular weight excluding hydrogens is 587 g/mol.